The molecule has 0 nitrogen and oxygen atoms in total. The molecule has 2 aromatic carbocycles. The predicted molar refractivity (Wildman–Crippen MR) is 83.9 cm³/mol. The summed E-state index contributed by atoms with van der Waals surface area (Å²) in [5.41, 5.74) is 0.794. The maximum absolute atomic E-state index is 4.58. The van der Waals surface area contributed by atoms with Crippen LogP contribution in [0.2, 0.25) is 0 Å². The van der Waals surface area contributed by atoms with Gasteiger partial charge in [-0.25, -0.2) is 0 Å². The summed E-state index contributed by atoms with van der Waals surface area (Å²) in [7, 11) is 1.52. The molecule has 0 bridgehead atoms. The van der Waals surface area contributed by atoms with Gasteiger partial charge in [0.05, 0.1) is 0 Å². The van der Waals surface area contributed by atoms with Gasteiger partial charge >= 0.3 is 58.0 Å². The molecule has 99 valence electrons. The molecule has 0 aromatic heterocycles. The van der Waals surface area contributed by atoms with Crippen molar-refractivity contribution in [3.05, 3.63) is 60.7 Å². The van der Waals surface area contributed by atoms with Gasteiger partial charge in [0.25, 0.3) is 0 Å². The van der Waals surface area contributed by atoms with Crippen molar-refractivity contribution in [2.45, 2.75) is 19.5 Å². The van der Waals surface area contributed by atoms with E-state index >= 15 is 0 Å². The molecule has 0 aliphatic rings. The van der Waals surface area contributed by atoms with Crippen LogP contribution < -0.4 is 10.6 Å². The molecule has 2 atom stereocenters. The van der Waals surface area contributed by atoms with E-state index in [1.807, 2.05) is 18.2 Å². The molecular formula is C15H19NiP2. The number of benzene rings is 2. The van der Waals surface area contributed by atoms with Crippen molar-refractivity contribution in [3.8, 4) is 0 Å². The Morgan fingerprint density at radius 3 is 1.56 bits per heavy atom. The summed E-state index contributed by atoms with van der Waals surface area (Å²) in [5, 5.41) is 2.74. The zero-order valence-corrected chi connectivity index (χ0v) is 13.7. The molecule has 0 heterocycles. The van der Waals surface area contributed by atoms with Gasteiger partial charge in [-0.05, 0) is 11.0 Å². The van der Waals surface area contributed by atoms with E-state index in [9.17, 15) is 0 Å². The fourth-order valence-corrected chi connectivity index (χ4v) is 3.20. The molecule has 0 aliphatic heterocycles. The van der Waals surface area contributed by atoms with Gasteiger partial charge in [-0.3, -0.25) is 0 Å². The van der Waals surface area contributed by atoms with Gasteiger partial charge in [-0.2, -0.15) is 0 Å². The molecule has 0 saturated heterocycles. The molecule has 0 saturated carbocycles. The van der Waals surface area contributed by atoms with Crippen molar-refractivity contribution in [2.75, 3.05) is 0 Å². The number of hydrogen-bond donors (Lipinski definition) is 0. The Morgan fingerprint density at radius 2 is 1.22 bits per heavy atom. The van der Waals surface area contributed by atoms with Crippen LogP contribution in [0.4, 0.5) is 0 Å². The minimum absolute atomic E-state index is 0.555. The second kappa shape index (κ2) is 9.69. The predicted octanol–water partition coefficient (Wildman–Crippen LogP) is 3.85. The van der Waals surface area contributed by atoms with Crippen molar-refractivity contribution >= 4 is 26.5 Å². The number of rotatable bonds is 3. The first kappa shape index (κ1) is 15.8. The maximum atomic E-state index is 4.58. The average Bonchev–Trinajstić information content (AvgIpc) is 2.41. The van der Waals surface area contributed by atoms with E-state index in [1.165, 1.54) is 10.6 Å². The van der Waals surface area contributed by atoms with Crippen molar-refractivity contribution in [2.24, 2.45) is 0 Å². The Morgan fingerprint density at radius 1 is 0.778 bits per heavy atom. The van der Waals surface area contributed by atoms with E-state index in [1.54, 1.807) is 0 Å². The Bertz CT molecular complexity index is 415. The van der Waals surface area contributed by atoms with E-state index in [4.69, 9.17) is 0 Å². The summed E-state index contributed by atoms with van der Waals surface area (Å²) in [6, 6.07) is 20.8. The average molecular weight is 320 g/mol. The summed E-state index contributed by atoms with van der Waals surface area (Å²) in [6.45, 7) is 4.51. The molecular weight excluding hydrogens is 301 g/mol. The van der Waals surface area contributed by atoms with Crippen molar-refractivity contribution in [1.82, 2.24) is 0 Å². The van der Waals surface area contributed by atoms with Gasteiger partial charge in [0.15, 0.2) is 0 Å². The van der Waals surface area contributed by atoms with E-state index in [0.717, 1.165) is 14.2 Å². The van der Waals surface area contributed by atoms with Gasteiger partial charge < -0.3 is 0 Å². The molecule has 2 aromatic rings. The van der Waals surface area contributed by atoms with Crippen LogP contribution in [0.25, 0.3) is 0 Å². The van der Waals surface area contributed by atoms with Crippen LogP contribution in [-0.2, 0) is 15.0 Å². The van der Waals surface area contributed by atoms with Crippen molar-refractivity contribution in [3.63, 3.8) is 0 Å². The second-order valence-electron chi connectivity index (χ2n) is 4.11. The topological polar surface area (TPSA) is 0 Å². The van der Waals surface area contributed by atoms with Crippen LogP contribution in [0.3, 0.4) is 0 Å². The van der Waals surface area contributed by atoms with Crippen LogP contribution in [0, 0.1) is 0 Å². The molecule has 0 N–H and O–H groups in total. The van der Waals surface area contributed by atoms with Crippen LogP contribution in [0.5, 0.6) is 0 Å². The van der Waals surface area contributed by atoms with Crippen molar-refractivity contribution in [1.29, 1.82) is 0 Å². The zero-order chi connectivity index (χ0) is 13.2. The first-order valence-electron chi connectivity index (χ1n) is 5.92. The van der Waals surface area contributed by atoms with Gasteiger partial charge in [-0.1, -0.05) is 52.8 Å². The van der Waals surface area contributed by atoms with Crippen molar-refractivity contribution < 1.29 is 15.0 Å². The van der Waals surface area contributed by atoms with Gasteiger partial charge in [0, 0.05) is 0 Å². The summed E-state index contributed by atoms with van der Waals surface area (Å²) in [5.74, 6) is 0. The molecule has 0 amide bonds. The Kier molecular flexibility index (Phi) is 8.53. The van der Waals surface area contributed by atoms with Gasteiger partial charge in [0.1, 0.15) is 0 Å². The molecule has 3 heteroatoms. The van der Waals surface area contributed by atoms with E-state index in [-0.39, 0.29) is 0 Å². The van der Waals surface area contributed by atoms with Gasteiger partial charge in [0.2, 0.25) is 0 Å². The quantitative estimate of drug-likeness (QED) is 0.595. The molecule has 0 radical (unpaired) electrons. The first-order valence-corrected chi connectivity index (χ1v) is 9.30. The molecule has 0 spiro atoms. The van der Waals surface area contributed by atoms with Crippen LogP contribution in [0.15, 0.2) is 60.7 Å². The fourth-order valence-electron chi connectivity index (χ4n) is 1.36. The summed E-state index contributed by atoms with van der Waals surface area (Å²) in [6.07, 6.45) is 0. The van der Waals surface area contributed by atoms with Crippen LogP contribution in [0.1, 0.15) is 13.8 Å². The van der Waals surface area contributed by atoms with E-state index < -0.39 is 0 Å². The number of hydrogen-bond acceptors (Lipinski definition) is 0. The molecule has 18 heavy (non-hydrogen) atoms. The van der Waals surface area contributed by atoms with E-state index in [2.05, 4.69) is 71.3 Å². The third kappa shape index (κ3) is 7.28. The zero-order valence-electron chi connectivity index (χ0n) is 10.7. The molecule has 2 rings (SSSR count). The molecule has 2 unspecified atom stereocenters. The van der Waals surface area contributed by atoms with E-state index in [0.29, 0.717) is 7.35 Å². The Balaban J connectivity index is 0.000000184. The summed E-state index contributed by atoms with van der Waals surface area (Å²) >= 11 is 4.58. The van der Waals surface area contributed by atoms with Gasteiger partial charge in [-0.15, -0.1) is 0 Å². The summed E-state index contributed by atoms with van der Waals surface area (Å²) in [4.78, 5) is 0. The molecule has 0 fully saturated rings. The normalized spacial score (nSPS) is 11.2. The van der Waals surface area contributed by atoms with Crippen LogP contribution in [-0.4, -0.2) is 5.66 Å². The molecule has 0 aliphatic carbocycles. The summed E-state index contributed by atoms with van der Waals surface area (Å²) < 4.78 is 0. The minimum atomic E-state index is 0.555. The third-order valence-corrected chi connectivity index (χ3v) is 4.71. The second-order valence-corrected chi connectivity index (χ2v) is 7.61. The fraction of sp³-hybridized carbons (Fsp3) is 0.200. The third-order valence-electron chi connectivity index (χ3n) is 2.09. The standard InChI is InChI=1S/C9H13P.C6H6P.Ni/c1-8(2)10-9-6-4-3-5-7-9;7-6-4-2-1-3-5-6;/h3-8,10H,1-2H3;1-5,7H;/q;-1;+1. The Hall–Kier alpha value is -0.206. The monoisotopic (exact) mass is 319 g/mol. The first-order chi connectivity index (χ1) is 8.72. The van der Waals surface area contributed by atoms with Crippen LogP contribution >= 0.6 is 15.9 Å². The Labute approximate surface area is 122 Å². The SMILES string of the molecule is CC(C)Pc1ccccc1.[Ni][PH]c1ccccc1.